The van der Waals surface area contributed by atoms with Crippen molar-refractivity contribution in [3.8, 4) is 0 Å². The summed E-state index contributed by atoms with van der Waals surface area (Å²) in [6.45, 7) is 4.62. The Kier molecular flexibility index (Phi) is 2.66. The molecule has 70 valence electrons. The van der Waals surface area contributed by atoms with Crippen LogP contribution < -0.4 is 10.6 Å². The fraction of sp³-hybridized carbons (Fsp3) is 1.00. The lowest BCUT2D eigenvalue weighted by atomic mass is 9.91. The van der Waals surface area contributed by atoms with Gasteiger partial charge in [-0.05, 0) is 25.7 Å². The van der Waals surface area contributed by atoms with Gasteiger partial charge in [-0.15, -0.1) is 0 Å². The minimum absolute atomic E-state index is 0.682. The molecule has 2 rings (SSSR count). The summed E-state index contributed by atoms with van der Waals surface area (Å²) in [6, 6.07) is 1.43. The summed E-state index contributed by atoms with van der Waals surface area (Å²) in [5.74, 6) is 0.952. The molecule has 12 heavy (non-hydrogen) atoms. The van der Waals surface area contributed by atoms with Gasteiger partial charge in [0.25, 0.3) is 0 Å². The van der Waals surface area contributed by atoms with Gasteiger partial charge in [-0.25, -0.2) is 0 Å². The highest BCUT2D eigenvalue weighted by Gasteiger charge is 2.30. The lowest BCUT2D eigenvalue weighted by Crippen LogP contribution is -2.57. The molecule has 1 heterocycles. The fourth-order valence-corrected chi connectivity index (χ4v) is 2.73. The maximum Gasteiger partial charge on any atom is 0.0247 e. The van der Waals surface area contributed by atoms with Crippen LogP contribution in [0, 0.1) is 5.92 Å². The van der Waals surface area contributed by atoms with Crippen molar-refractivity contribution in [3.05, 3.63) is 0 Å². The first-order chi connectivity index (χ1) is 5.88. The third-order valence-electron chi connectivity index (χ3n) is 3.42. The highest BCUT2D eigenvalue weighted by atomic mass is 15.1. The molecular formula is C10H20N2. The summed E-state index contributed by atoms with van der Waals surface area (Å²) in [5.41, 5.74) is 0. The van der Waals surface area contributed by atoms with Crippen LogP contribution in [0.15, 0.2) is 0 Å². The van der Waals surface area contributed by atoms with E-state index in [0.717, 1.165) is 25.0 Å². The van der Waals surface area contributed by atoms with E-state index >= 15 is 0 Å². The van der Waals surface area contributed by atoms with Crippen LogP contribution in [0.3, 0.4) is 0 Å². The highest BCUT2D eigenvalue weighted by Crippen LogP contribution is 2.29. The van der Waals surface area contributed by atoms with Crippen LogP contribution in [0.4, 0.5) is 0 Å². The molecule has 2 atom stereocenters. The predicted octanol–water partition coefficient (Wildman–Crippen LogP) is 1.13. The van der Waals surface area contributed by atoms with Gasteiger partial charge in [-0.1, -0.05) is 12.8 Å². The van der Waals surface area contributed by atoms with E-state index in [-0.39, 0.29) is 0 Å². The van der Waals surface area contributed by atoms with Crippen LogP contribution in [0.1, 0.15) is 32.6 Å². The second-order valence-corrected chi connectivity index (χ2v) is 4.27. The molecule has 1 saturated heterocycles. The van der Waals surface area contributed by atoms with E-state index in [1.165, 1.54) is 25.7 Å². The van der Waals surface area contributed by atoms with Crippen molar-refractivity contribution in [2.24, 2.45) is 5.92 Å². The number of hydrogen-bond acceptors (Lipinski definition) is 2. The van der Waals surface area contributed by atoms with E-state index in [9.17, 15) is 0 Å². The summed E-state index contributed by atoms with van der Waals surface area (Å²) in [7, 11) is 0. The SMILES string of the molecule is CC1NCCNC1C1CCCC1. The molecule has 1 aliphatic heterocycles. The van der Waals surface area contributed by atoms with Crippen molar-refractivity contribution < 1.29 is 0 Å². The maximum absolute atomic E-state index is 3.65. The summed E-state index contributed by atoms with van der Waals surface area (Å²) in [4.78, 5) is 0. The normalized spacial score (nSPS) is 38.8. The molecule has 2 fully saturated rings. The lowest BCUT2D eigenvalue weighted by Gasteiger charge is -2.35. The van der Waals surface area contributed by atoms with E-state index in [1.807, 2.05) is 0 Å². The molecule has 0 aromatic rings. The van der Waals surface area contributed by atoms with Gasteiger partial charge >= 0.3 is 0 Å². The Balaban J connectivity index is 1.91. The topological polar surface area (TPSA) is 24.1 Å². The minimum Gasteiger partial charge on any atom is -0.311 e. The van der Waals surface area contributed by atoms with Crippen LogP contribution in [-0.4, -0.2) is 25.2 Å². The van der Waals surface area contributed by atoms with Crippen LogP contribution in [0.2, 0.25) is 0 Å². The number of hydrogen-bond donors (Lipinski definition) is 2. The molecule has 1 saturated carbocycles. The third-order valence-corrected chi connectivity index (χ3v) is 3.42. The Bertz CT molecular complexity index is 141. The Morgan fingerprint density at radius 2 is 1.67 bits per heavy atom. The fourth-order valence-electron chi connectivity index (χ4n) is 2.73. The largest absolute Gasteiger partial charge is 0.311 e. The Labute approximate surface area is 75.1 Å². The minimum atomic E-state index is 0.682. The van der Waals surface area contributed by atoms with Crippen molar-refractivity contribution in [1.29, 1.82) is 0 Å². The summed E-state index contributed by atoms with van der Waals surface area (Å²) >= 11 is 0. The molecule has 0 amide bonds. The van der Waals surface area contributed by atoms with Crippen molar-refractivity contribution in [2.45, 2.75) is 44.7 Å². The van der Waals surface area contributed by atoms with Crippen LogP contribution in [0.5, 0.6) is 0 Å². The van der Waals surface area contributed by atoms with E-state index < -0.39 is 0 Å². The lowest BCUT2D eigenvalue weighted by molar-refractivity contribution is 0.255. The quantitative estimate of drug-likeness (QED) is 0.613. The summed E-state index contributed by atoms with van der Waals surface area (Å²) in [6.07, 6.45) is 5.80. The molecule has 2 heteroatoms. The van der Waals surface area contributed by atoms with Gasteiger partial charge in [-0.2, -0.15) is 0 Å². The van der Waals surface area contributed by atoms with E-state index in [0.29, 0.717) is 6.04 Å². The standard InChI is InChI=1S/C10H20N2/c1-8-10(12-7-6-11-8)9-4-2-3-5-9/h8-12H,2-7H2,1H3. The van der Waals surface area contributed by atoms with Crippen molar-refractivity contribution >= 4 is 0 Å². The summed E-state index contributed by atoms with van der Waals surface area (Å²) < 4.78 is 0. The molecular weight excluding hydrogens is 148 g/mol. The average molecular weight is 168 g/mol. The molecule has 0 spiro atoms. The molecule has 0 radical (unpaired) electrons. The number of nitrogens with one attached hydrogen (secondary N) is 2. The van der Waals surface area contributed by atoms with Gasteiger partial charge in [0, 0.05) is 25.2 Å². The van der Waals surface area contributed by atoms with Crippen LogP contribution in [0.25, 0.3) is 0 Å². The first-order valence-corrected chi connectivity index (χ1v) is 5.34. The molecule has 1 aliphatic carbocycles. The van der Waals surface area contributed by atoms with E-state index in [1.54, 1.807) is 0 Å². The second kappa shape index (κ2) is 3.75. The van der Waals surface area contributed by atoms with E-state index in [2.05, 4.69) is 17.6 Å². The van der Waals surface area contributed by atoms with Crippen LogP contribution >= 0.6 is 0 Å². The van der Waals surface area contributed by atoms with Gasteiger partial charge in [0.1, 0.15) is 0 Å². The van der Waals surface area contributed by atoms with Gasteiger partial charge in [-0.3, -0.25) is 0 Å². The molecule has 2 N–H and O–H groups in total. The Morgan fingerprint density at radius 3 is 2.33 bits per heavy atom. The number of piperazine rings is 1. The monoisotopic (exact) mass is 168 g/mol. The van der Waals surface area contributed by atoms with Gasteiger partial charge in [0.2, 0.25) is 0 Å². The van der Waals surface area contributed by atoms with Crippen molar-refractivity contribution in [3.63, 3.8) is 0 Å². The van der Waals surface area contributed by atoms with E-state index in [4.69, 9.17) is 0 Å². The molecule has 2 nitrogen and oxygen atoms in total. The smallest absolute Gasteiger partial charge is 0.0247 e. The Morgan fingerprint density at radius 1 is 1.00 bits per heavy atom. The van der Waals surface area contributed by atoms with Crippen molar-refractivity contribution in [1.82, 2.24) is 10.6 Å². The molecule has 0 bridgehead atoms. The number of rotatable bonds is 1. The summed E-state index contributed by atoms with van der Waals surface area (Å²) in [5, 5.41) is 7.19. The predicted molar refractivity (Wildman–Crippen MR) is 51.2 cm³/mol. The zero-order valence-corrected chi connectivity index (χ0v) is 7.97. The molecule has 0 aromatic carbocycles. The first-order valence-electron chi connectivity index (χ1n) is 5.34. The first kappa shape index (κ1) is 8.52. The average Bonchev–Trinajstić information content (AvgIpc) is 2.57. The second-order valence-electron chi connectivity index (χ2n) is 4.27. The van der Waals surface area contributed by atoms with Gasteiger partial charge in [0.15, 0.2) is 0 Å². The van der Waals surface area contributed by atoms with Crippen molar-refractivity contribution in [2.75, 3.05) is 13.1 Å². The highest BCUT2D eigenvalue weighted by molar-refractivity contribution is 4.90. The molecule has 2 aliphatic rings. The van der Waals surface area contributed by atoms with Crippen LogP contribution in [-0.2, 0) is 0 Å². The molecule has 2 unspecified atom stereocenters. The van der Waals surface area contributed by atoms with Gasteiger partial charge < -0.3 is 10.6 Å². The third kappa shape index (κ3) is 1.64. The maximum atomic E-state index is 3.65. The molecule has 0 aromatic heterocycles. The Hall–Kier alpha value is -0.0800. The van der Waals surface area contributed by atoms with Gasteiger partial charge in [0.05, 0.1) is 0 Å². The zero-order valence-electron chi connectivity index (χ0n) is 7.97. The zero-order chi connectivity index (χ0) is 8.39.